The second kappa shape index (κ2) is 4.97. The maximum atomic E-state index is 5.85. The molecule has 0 amide bonds. The summed E-state index contributed by atoms with van der Waals surface area (Å²) < 4.78 is 5.85. The topological polar surface area (TPSA) is 38.3 Å². The normalized spacial score (nSPS) is 18.7. The van der Waals surface area contributed by atoms with Crippen LogP contribution in [0.5, 0.6) is 5.88 Å². The van der Waals surface area contributed by atoms with E-state index in [2.05, 4.69) is 21.9 Å². The van der Waals surface area contributed by atoms with Crippen LogP contribution in [0.15, 0.2) is 6.20 Å². The number of aromatic nitrogens is 2. The summed E-state index contributed by atoms with van der Waals surface area (Å²) >= 11 is 5.75. The molecule has 0 saturated carbocycles. The third-order valence-corrected chi connectivity index (χ3v) is 3.02. The fraction of sp³-hybridized carbons (Fsp3) is 0.636. The molecule has 5 heteroatoms. The summed E-state index contributed by atoms with van der Waals surface area (Å²) in [7, 11) is 2.13. The summed E-state index contributed by atoms with van der Waals surface area (Å²) in [6.07, 6.45) is 4.02. The van der Waals surface area contributed by atoms with E-state index in [4.69, 9.17) is 16.3 Å². The average molecular weight is 242 g/mol. The van der Waals surface area contributed by atoms with E-state index in [9.17, 15) is 0 Å². The maximum Gasteiger partial charge on any atom is 0.225 e. The van der Waals surface area contributed by atoms with E-state index >= 15 is 0 Å². The molecule has 1 fully saturated rings. The molecule has 0 spiro atoms. The zero-order chi connectivity index (χ0) is 11.5. The van der Waals surface area contributed by atoms with Gasteiger partial charge in [-0.2, -0.15) is 4.98 Å². The monoisotopic (exact) mass is 241 g/mol. The Labute approximate surface area is 101 Å². The van der Waals surface area contributed by atoms with Gasteiger partial charge in [0.25, 0.3) is 0 Å². The molecule has 0 aliphatic carbocycles. The minimum Gasteiger partial charge on any atom is -0.474 e. The molecule has 0 bridgehead atoms. The predicted octanol–water partition coefficient (Wildman–Crippen LogP) is 1.91. The van der Waals surface area contributed by atoms with Crippen molar-refractivity contribution in [3.63, 3.8) is 0 Å². The quantitative estimate of drug-likeness (QED) is 0.742. The molecule has 0 N–H and O–H groups in total. The lowest BCUT2D eigenvalue weighted by atomic mass is 10.1. The van der Waals surface area contributed by atoms with Crippen molar-refractivity contribution >= 4 is 11.6 Å². The van der Waals surface area contributed by atoms with Gasteiger partial charge in [-0.25, -0.2) is 4.98 Å². The Hall–Kier alpha value is -0.870. The lowest BCUT2D eigenvalue weighted by Crippen LogP contribution is -2.35. The first-order valence-electron chi connectivity index (χ1n) is 5.49. The lowest BCUT2D eigenvalue weighted by Gasteiger charge is -2.29. The number of halogens is 1. The van der Waals surface area contributed by atoms with E-state index in [1.165, 1.54) is 0 Å². The van der Waals surface area contributed by atoms with Crippen LogP contribution in [0.25, 0.3) is 0 Å². The van der Waals surface area contributed by atoms with E-state index in [0.717, 1.165) is 31.5 Å². The molecule has 88 valence electrons. The Morgan fingerprint density at radius 3 is 2.81 bits per heavy atom. The van der Waals surface area contributed by atoms with Gasteiger partial charge in [0.1, 0.15) is 6.10 Å². The second-order valence-corrected chi connectivity index (χ2v) is 4.59. The first-order chi connectivity index (χ1) is 7.65. The van der Waals surface area contributed by atoms with Gasteiger partial charge in [-0.05, 0) is 38.4 Å². The van der Waals surface area contributed by atoms with Crippen LogP contribution in [0.1, 0.15) is 18.4 Å². The van der Waals surface area contributed by atoms with E-state index in [1.54, 1.807) is 6.20 Å². The minimum absolute atomic E-state index is 0.244. The third kappa shape index (κ3) is 2.83. The van der Waals surface area contributed by atoms with Crippen LogP contribution in [0.2, 0.25) is 5.28 Å². The zero-order valence-electron chi connectivity index (χ0n) is 9.61. The maximum absolute atomic E-state index is 5.85. The van der Waals surface area contributed by atoms with Gasteiger partial charge in [-0.15, -0.1) is 0 Å². The first-order valence-corrected chi connectivity index (χ1v) is 5.87. The number of aryl methyl sites for hydroxylation is 1. The Balaban J connectivity index is 2.00. The van der Waals surface area contributed by atoms with Crippen LogP contribution < -0.4 is 4.74 Å². The van der Waals surface area contributed by atoms with Crippen molar-refractivity contribution in [1.29, 1.82) is 0 Å². The first kappa shape index (κ1) is 11.6. The molecule has 0 aromatic carbocycles. The van der Waals surface area contributed by atoms with Crippen molar-refractivity contribution in [2.75, 3.05) is 20.1 Å². The Kier molecular flexibility index (Phi) is 3.61. The molecule has 1 aliphatic rings. The van der Waals surface area contributed by atoms with Gasteiger partial charge >= 0.3 is 0 Å². The molecule has 1 aliphatic heterocycles. The molecule has 0 atom stereocenters. The van der Waals surface area contributed by atoms with Crippen LogP contribution in [0.4, 0.5) is 0 Å². The summed E-state index contributed by atoms with van der Waals surface area (Å²) in [5.41, 5.74) is 0.934. The second-order valence-electron chi connectivity index (χ2n) is 4.25. The lowest BCUT2D eigenvalue weighted by molar-refractivity contribution is 0.109. The molecule has 16 heavy (non-hydrogen) atoms. The Bertz CT molecular complexity index is 364. The number of rotatable bonds is 2. The van der Waals surface area contributed by atoms with E-state index in [0.29, 0.717) is 5.88 Å². The van der Waals surface area contributed by atoms with Gasteiger partial charge in [0.05, 0.1) is 0 Å². The van der Waals surface area contributed by atoms with Crippen molar-refractivity contribution < 1.29 is 4.74 Å². The number of hydrogen-bond acceptors (Lipinski definition) is 4. The van der Waals surface area contributed by atoms with Gasteiger partial charge in [-0.3, -0.25) is 0 Å². The van der Waals surface area contributed by atoms with Crippen molar-refractivity contribution in [1.82, 2.24) is 14.9 Å². The molecular weight excluding hydrogens is 226 g/mol. The highest BCUT2D eigenvalue weighted by molar-refractivity contribution is 6.28. The summed E-state index contributed by atoms with van der Waals surface area (Å²) in [5.74, 6) is 0.620. The highest BCUT2D eigenvalue weighted by Gasteiger charge is 2.19. The summed E-state index contributed by atoms with van der Waals surface area (Å²) in [6.45, 7) is 4.08. The fourth-order valence-electron chi connectivity index (χ4n) is 1.79. The largest absolute Gasteiger partial charge is 0.474 e. The van der Waals surface area contributed by atoms with E-state index in [1.807, 2.05) is 6.92 Å². The number of ether oxygens (including phenoxy) is 1. The van der Waals surface area contributed by atoms with Crippen LogP contribution in [0, 0.1) is 6.92 Å². The molecule has 0 unspecified atom stereocenters. The van der Waals surface area contributed by atoms with Gasteiger partial charge < -0.3 is 9.64 Å². The van der Waals surface area contributed by atoms with Gasteiger partial charge in [-0.1, -0.05) is 0 Å². The molecule has 4 nitrogen and oxygen atoms in total. The van der Waals surface area contributed by atoms with Gasteiger partial charge in [0.15, 0.2) is 0 Å². The van der Waals surface area contributed by atoms with Crippen LogP contribution >= 0.6 is 11.6 Å². The minimum atomic E-state index is 0.244. The summed E-state index contributed by atoms with van der Waals surface area (Å²) in [5, 5.41) is 0.244. The molecule has 1 aromatic heterocycles. The van der Waals surface area contributed by atoms with Crippen LogP contribution in [0.3, 0.4) is 0 Å². The Morgan fingerprint density at radius 2 is 2.12 bits per heavy atom. The predicted molar refractivity (Wildman–Crippen MR) is 62.9 cm³/mol. The average Bonchev–Trinajstić information content (AvgIpc) is 2.27. The Morgan fingerprint density at radius 1 is 1.44 bits per heavy atom. The summed E-state index contributed by atoms with van der Waals surface area (Å²) in [4.78, 5) is 10.3. The molecule has 0 radical (unpaired) electrons. The van der Waals surface area contributed by atoms with Crippen molar-refractivity contribution in [3.8, 4) is 5.88 Å². The molecular formula is C11H16ClN3O. The van der Waals surface area contributed by atoms with Crippen LogP contribution in [-0.4, -0.2) is 41.1 Å². The molecule has 1 aromatic rings. The molecule has 2 heterocycles. The van der Waals surface area contributed by atoms with Crippen molar-refractivity contribution in [2.45, 2.75) is 25.9 Å². The highest BCUT2D eigenvalue weighted by atomic mass is 35.5. The van der Waals surface area contributed by atoms with Gasteiger partial charge in [0, 0.05) is 24.8 Å². The fourth-order valence-corrected chi connectivity index (χ4v) is 1.91. The molecule has 2 rings (SSSR count). The third-order valence-electron chi connectivity index (χ3n) is 2.84. The number of likely N-dealkylation sites (tertiary alicyclic amines) is 1. The van der Waals surface area contributed by atoms with Gasteiger partial charge in [0.2, 0.25) is 11.2 Å². The smallest absolute Gasteiger partial charge is 0.225 e. The molecule has 1 saturated heterocycles. The van der Waals surface area contributed by atoms with E-state index < -0.39 is 0 Å². The zero-order valence-corrected chi connectivity index (χ0v) is 10.4. The van der Waals surface area contributed by atoms with E-state index in [-0.39, 0.29) is 11.4 Å². The van der Waals surface area contributed by atoms with Crippen LogP contribution in [-0.2, 0) is 0 Å². The number of piperidine rings is 1. The number of hydrogen-bond donors (Lipinski definition) is 0. The highest BCUT2D eigenvalue weighted by Crippen LogP contribution is 2.20. The standard InChI is InChI=1S/C11H16ClN3O/c1-8-7-13-11(12)14-10(8)16-9-3-5-15(2)6-4-9/h7,9H,3-6H2,1-2H3. The van der Waals surface area contributed by atoms with Crippen molar-refractivity contribution in [3.05, 3.63) is 17.0 Å². The van der Waals surface area contributed by atoms with Crippen molar-refractivity contribution in [2.24, 2.45) is 0 Å². The summed E-state index contributed by atoms with van der Waals surface area (Å²) in [6, 6.07) is 0. The number of nitrogens with zero attached hydrogens (tertiary/aromatic N) is 3. The SMILES string of the molecule is Cc1cnc(Cl)nc1OC1CCN(C)CC1.